The van der Waals surface area contributed by atoms with E-state index in [9.17, 15) is 4.79 Å². The summed E-state index contributed by atoms with van der Waals surface area (Å²) in [7, 11) is 0. The molecule has 1 saturated carbocycles. The van der Waals surface area contributed by atoms with Crippen molar-refractivity contribution in [3.63, 3.8) is 0 Å². The Morgan fingerprint density at radius 2 is 1.94 bits per heavy atom. The number of hydrogen-bond donors (Lipinski definition) is 1. The fourth-order valence-electron chi connectivity index (χ4n) is 2.44. The molecule has 3 heteroatoms. The molecule has 0 atom stereocenters. The number of benzene rings is 1. The van der Waals surface area contributed by atoms with Gasteiger partial charge >= 0.3 is 0 Å². The smallest absolute Gasteiger partial charge is 0.223 e. The van der Waals surface area contributed by atoms with Crippen molar-refractivity contribution in [2.24, 2.45) is 5.92 Å². The summed E-state index contributed by atoms with van der Waals surface area (Å²) in [6.07, 6.45) is 3.08. The fraction of sp³-hybridized carbons (Fsp3) is 0.533. The molecule has 1 aromatic carbocycles. The average molecular weight is 244 g/mol. The molecule has 1 N–H and O–H groups in total. The number of rotatable bonds is 5. The molecule has 3 rings (SSSR count). The molecule has 0 aromatic heterocycles. The van der Waals surface area contributed by atoms with Gasteiger partial charge in [0.15, 0.2) is 0 Å². The first kappa shape index (κ1) is 11.7. The Hall–Kier alpha value is -1.35. The molecule has 1 amide bonds. The van der Waals surface area contributed by atoms with Gasteiger partial charge in [-0.1, -0.05) is 30.3 Å². The van der Waals surface area contributed by atoms with Gasteiger partial charge in [0.25, 0.3) is 0 Å². The molecule has 0 spiro atoms. The minimum absolute atomic E-state index is 0.341. The van der Waals surface area contributed by atoms with Crippen LogP contribution in [0.2, 0.25) is 0 Å². The van der Waals surface area contributed by atoms with E-state index in [1.54, 1.807) is 0 Å². The Labute approximate surface area is 108 Å². The molecule has 96 valence electrons. The summed E-state index contributed by atoms with van der Waals surface area (Å²) in [5.74, 6) is 0.905. The molecule has 0 bridgehead atoms. The van der Waals surface area contributed by atoms with E-state index in [0.29, 0.717) is 17.9 Å². The van der Waals surface area contributed by atoms with Crippen LogP contribution in [-0.4, -0.2) is 29.9 Å². The highest BCUT2D eigenvalue weighted by atomic mass is 16.2. The third-order valence-corrected chi connectivity index (χ3v) is 3.83. The highest BCUT2D eigenvalue weighted by Gasteiger charge is 2.34. The number of hydrogen-bond acceptors (Lipinski definition) is 2. The normalized spacial score (nSPS) is 19.3. The van der Waals surface area contributed by atoms with Gasteiger partial charge < -0.3 is 10.2 Å². The number of amides is 1. The second-order valence-corrected chi connectivity index (χ2v) is 5.47. The molecule has 1 heterocycles. The molecule has 2 fully saturated rings. The van der Waals surface area contributed by atoms with Crippen LogP contribution in [0.3, 0.4) is 0 Å². The maximum absolute atomic E-state index is 12.3. The van der Waals surface area contributed by atoms with Gasteiger partial charge in [-0.2, -0.15) is 0 Å². The van der Waals surface area contributed by atoms with Gasteiger partial charge in [-0.25, -0.2) is 0 Å². The summed E-state index contributed by atoms with van der Waals surface area (Å²) in [5.41, 5.74) is 1.24. The molecule has 3 nitrogen and oxygen atoms in total. The van der Waals surface area contributed by atoms with Crippen LogP contribution in [0.5, 0.6) is 0 Å². The van der Waals surface area contributed by atoms with Gasteiger partial charge in [0, 0.05) is 19.0 Å². The van der Waals surface area contributed by atoms with E-state index in [-0.39, 0.29) is 0 Å². The van der Waals surface area contributed by atoms with Crippen LogP contribution >= 0.6 is 0 Å². The first-order chi connectivity index (χ1) is 8.83. The van der Waals surface area contributed by atoms with E-state index < -0.39 is 0 Å². The fourth-order valence-corrected chi connectivity index (χ4v) is 2.44. The van der Waals surface area contributed by atoms with E-state index >= 15 is 0 Å². The quantitative estimate of drug-likeness (QED) is 0.856. The van der Waals surface area contributed by atoms with Gasteiger partial charge in [-0.3, -0.25) is 4.79 Å². The molecule has 1 aromatic rings. The molecule has 1 aliphatic heterocycles. The second-order valence-electron chi connectivity index (χ2n) is 5.47. The van der Waals surface area contributed by atoms with Crippen LogP contribution in [-0.2, 0) is 11.3 Å². The molecular formula is C15H20N2O. The summed E-state index contributed by atoms with van der Waals surface area (Å²) in [5, 5.41) is 3.23. The van der Waals surface area contributed by atoms with Gasteiger partial charge in [-0.15, -0.1) is 0 Å². The molecule has 18 heavy (non-hydrogen) atoms. The zero-order chi connectivity index (χ0) is 12.4. The molecule has 0 radical (unpaired) electrons. The Kier molecular flexibility index (Phi) is 3.33. The van der Waals surface area contributed by atoms with Crippen molar-refractivity contribution in [3.8, 4) is 0 Å². The van der Waals surface area contributed by atoms with E-state index in [1.807, 2.05) is 18.2 Å². The van der Waals surface area contributed by atoms with Crippen molar-refractivity contribution in [3.05, 3.63) is 35.9 Å². The number of carbonyl (C=O) groups excluding carboxylic acids is 1. The van der Waals surface area contributed by atoms with Crippen LogP contribution in [0.4, 0.5) is 0 Å². The molecular weight excluding hydrogens is 224 g/mol. The standard InChI is InChI=1S/C15H20N2O/c18-15(8-13-9-16-10-13)17(14-6-7-14)11-12-4-2-1-3-5-12/h1-5,13-14,16H,6-11H2. The van der Waals surface area contributed by atoms with Crippen LogP contribution in [0, 0.1) is 5.92 Å². The molecule has 2 aliphatic rings. The highest BCUT2D eigenvalue weighted by molar-refractivity contribution is 5.77. The van der Waals surface area contributed by atoms with Crippen molar-refractivity contribution in [2.75, 3.05) is 13.1 Å². The van der Waals surface area contributed by atoms with Crippen LogP contribution in [0.1, 0.15) is 24.8 Å². The van der Waals surface area contributed by atoms with Gasteiger partial charge in [0.1, 0.15) is 0 Å². The van der Waals surface area contributed by atoms with Crippen molar-refractivity contribution < 1.29 is 4.79 Å². The minimum atomic E-state index is 0.341. The zero-order valence-electron chi connectivity index (χ0n) is 10.6. The average Bonchev–Trinajstić information content (AvgIpc) is 3.16. The summed E-state index contributed by atoms with van der Waals surface area (Å²) in [4.78, 5) is 14.4. The van der Waals surface area contributed by atoms with Gasteiger partial charge in [-0.05, 0) is 37.4 Å². The highest BCUT2D eigenvalue weighted by Crippen LogP contribution is 2.29. The van der Waals surface area contributed by atoms with E-state index in [0.717, 1.165) is 26.1 Å². The Bertz CT molecular complexity index is 410. The Morgan fingerprint density at radius 1 is 1.22 bits per heavy atom. The Balaban J connectivity index is 1.62. The van der Waals surface area contributed by atoms with Crippen molar-refractivity contribution >= 4 is 5.91 Å². The summed E-state index contributed by atoms with van der Waals surface area (Å²) in [6.45, 7) is 2.80. The maximum atomic E-state index is 12.3. The lowest BCUT2D eigenvalue weighted by atomic mass is 9.98. The van der Waals surface area contributed by atoms with Crippen LogP contribution in [0.25, 0.3) is 0 Å². The summed E-state index contributed by atoms with van der Waals surface area (Å²) >= 11 is 0. The first-order valence-corrected chi connectivity index (χ1v) is 6.87. The van der Waals surface area contributed by atoms with E-state index in [4.69, 9.17) is 0 Å². The Morgan fingerprint density at radius 3 is 2.50 bits per heavy atom. The van der Waals surface area contributed by atoms with Crippen molar-refractivity contribution in [1.29, 1.82) is 0 Å². The summed E-state index contributed by atoms with van der Waals surface area (Å²) in [6, 6.07) is 10.8. The van der Waals surface area contributed by atoms with Gasteiger partial charge in [0.05, 0.1) is 0 Å². The van der Waals surface area contributed by atoms with E-state index in [1.165, 1.54) is 18.4 Å². The maximum Gasteiger partial charge on any atom is 0.223 e. The van der Waals surface area contributed by atoms with Gasteiger partial charge in [0.2, 0.25) is 5.91 Å². The molecule has 1 aliphatic carbocycles. The van der Waals surface area contributed by atoms with Crippen molar-refractivity contribution in [1.82, 2.24) is 10.2 Å². The van der Waals surface area contributed by atoms with E-state index in [2.05, 4.69) is 22.3 Å². The lowest BCUT2D eigenvalue weighted by Crippen LogP contribution is -2.45. The predicted molar refractivity (Wildman–Crippen MR) is 71.0 cm³/mol. The van der Waals surface area contributed by atoms with Crippen LogP contribution in [0.15, 0.2) is 30.3 Å². The lowest BCUT2D eigenvalue weighted by Gasteiger charge is -2.30. The molecule has 1 saturated heterocycles. The first-order valence-electron chi connectivity index (χ1n) is 6.87. The SMILES string of the molecule is O=C(CC1CNC1)N(Cc1ccccc1)C1CC1. The number of nitrogens with zero attached hydrogens (tertiary/aromatic N) is 1. The minimum Gasteiger partial charge on any atom is -0.335 e. The van der Waals surface area contributed by atoms with Crippen LogP contribution < -0.4 is 5.32 Å². The third-order valence-electron chi connectivity index (χ3n) is 3.83. The monoisotopic (exact) mass is 244 g/mol. The van der Waals surface area contributed by atoms with Crippen molar-refractivity contribution in [2.45, 2.75) is 31.8 Å². The number of nitrogens with one attached hydrogen (secondary N) is 1. The molecule has 0 unspecified atom stereocenters. The predicted octanol–water partition coefficient (Wildman–Crippen LogP) is 1.79. The second kappa shape index (κ2) is 5.11. The third kappa shape index (κ3) is 2.72. The zero-order valence-corrected chi connectivity index (χ0v) is 10.6. The summed E-state index contributed by atoms with van der Waals surface area (Å²) < 4.78 is 0. The largest absolute Gasteiger partial charge is 0.335 e. The number of carbonyl (C=O) groups is 1. The lowest BCUT2D eigenvalue weighted by molar-refractivity contribution is -0.133. The topological polar surface area (TPSA) is 32.3 Å².